The van der Waals surface area contributed by atoms with Crippen LogP contribution in [0.25, 0.3) is 0 Å². The van der Waals surface area contributed by atoms with Crippen LogP contribution in [0.2, 0.25) is 0 Å². The molecule has 2 aromatic rings. The summed E-state index contributed by atoms with van der Waals surface area (Å²) in [7, 11) is -5.87. The fourth-order valence-corrected chi connectivity index (χ4v) is 3.86. The van der Waals surface area contributed by atoms with Crippen molar-refractivity contribution >= 4 is 33.2 Å². The monoisotopic (exact) mass is 437 g/mol. The van der Waals surface area contributed by atoms with Gasteiger partial charge in [-0.05, 0) is 31.2 Å². The van der Waals surface area contributed by atoms with Gasteiger partial charge in [-0.25, -0.2) is 9.29 Å². The molecule has 0 aliphatic carbocycles. The van der Waals surface area contributed by atoms with E-state index in [1.54, 1.807) is 0 Å². The Bertz CT molecular complexity index is 953. The molecule has 0 saturated heterocycles. The lowest BCUT2D eigenvalue weighted by Gasteiger charge is -2.36. The Balaban J connectivity index is 2.44. The van der Waals surface area contributed by atoms with Crippen LogP contribution in [0, 0.1) is 0 Å². The molecule has 28 heavy (non-hydrogen) atoms. The third-order valence-electron chi connectivity index (χ3n) is 3.46. The number of nitrogens with zero attached hydrogens (tertiary/aromatic N) is 2. The minimum atomic E-state index is -5.87. The number of aromatic nitrogens is 1. The normalized spacial score (nSPS) is 14.2. The number of rotatable bonds is 7. The second-order valence-corrected chi connectivity index (χ2v) is 8.29. The standard InChI is InChI=1S/C16H15ClF3N3O4S/c1-15(17,10-27-14-12(13(21)24)8-5-9-22-14)23(11-6-3-2-4-7-11)28(25,26)16(18,19)20/h2-9H,10H2,1H3,(H2,21,24)/t15-/m1/s1. The van der Waals surface area contributed by atoms with E-state index in [4.69, 9.17) is 22.1 Å². The lowest BCUT2D eigenvalue weighted by atomic mass is 10.2. The summed E-state index contributed by atoms with van der Waals surface area (Å²) in [6.07, 6.45) is 1.26. The highest BCUT2D eigenvalue weighted by Gasteiger charge is 2.55. The predicted molar refractivity (Wildman–Crippen MR) is 96.4 cm³/mol. The van der Waals surface area contributed by atoms with Crippen LogP contribution in [0.4, 0.5) is 18.9 Å². The number of nitrogens with two attached hydrogens (primary N) is 1. The number of primary amides is 1. The molecule has 2 rings (SSSR count). The van der Waals surface area contributed by atoms with E-state index < -0.39 is 33.0 Å². The Kier molecular flexibility index (Phi) is 6.09. The maximum absolute atomic E-state index is 13.2. The zero-order valence-electron chi connectivity index (χ0n) is 14.4. The summed E-state index contributed by atoms with van der Waals surface area (Å²) in [6.45, 7) is 0.258. The number of para-hydroxylation sites is 1. The molecular formula is C16H15ClF3N3O4S. The first-order valence-corrected chi connectivity index (χ1v) is 9.43. The number of ether oxygens (including phenoxy) is 1. The largest absolute Gasteiger partial charge is 0.516 e. The lowest BCUT2D eigenvalue weighted by molar-refractivity contribution is -0.0442. The van der Waals surface area contributed by atoms with Crippen molar-refractivity contribution in [3.8, 4) is 5.88 Å². The minimum Gasteiger partial charge on any atom is -0.473 e. The molecule has 0 saturated carbocycles. The molecule has 1 heterocycles. The number of benzene rings is 1. The van der Waals surface area contributed by atoms with Crippen molar-refractivity contribution < 1.29 is 31.1 Å². The van der Waals surface area contributed by atoms with Crippen molar-refractivity contribution in [3.63, 3.8) is 0 Å². The minimum absolute atomic E-state index is 0.00837. The van der Waals surface area contributed by atoms with Gasteiger partial charge in [-0.15, -0.1) is 0 Å². The molecule has 0 aliphatic rings. The van der Waals surface area contributed by atoms with E-state index >= 15 is 0 Å². The van der Waals surface area contributed by atoms with E-state index in [1.165, 1.54) is 36.5 Å². The second kappa shape index (κ2) is 7.84. The summed E-state index contributed by atoms with van der Waals surface area (Å²) in [5, 5.41) is 0. The van der Waals surface area contributed by atoms with Crippen molar-refractivity contribution in [2.45, 2.75) is 17.4 Å². The first-order chi connectivity index (χ1) is 12.9. The predicted octanol–water partition coefficient (Wildman–Crippen LogP) is 2.87. The first kappa shape index (κ1) is 21.8. The Morgan fingerprint density at radius 1 is 1.21 bits per heavy atom. The smallest absolute Gasteiger partial charge is 0.473 e. The van der Waals surface area contributed by atoms with Crippen LogP contribution in [0.15, 0.2) is 48.7 Å². The number of pyridine rings is 1. The quantitative estimate of drug-likeness (QED) is 0.530. The van der Waals surface area contributed by atoms with E-state index in [0.717, 1.165) is 19.1 Å². The highest BCUT2D eigenvalue weighted by atomic mass is 35.5. The van der Waals surface area contributed by atoms with Gasteiger partial charge >= 0.3 is 15.5 Å². The van der Waals surface area contributed by atoms with E-state index in [1.807, 2.05) is 0 Å². The van der Waals surface area contributed by atoms with Crippen molar-refractivity contribution in [3.05, 3.63) is 54.2 Å². The van der Waals surface area contributed by atoms with Crippen LogP contribution in [-0.4, -0.2) is 36.4 Å². The molecule has 1 amide bonds. The van der Waals surface area contributed by atoms with Crippen molar-refractivity contribution in [2.24, 2.45) is 5.73 Å². The maximum atomic E-state index is 13.2. The molecule has 0 bridgehead atoms. The zero-order valence-corrected chi connectivity index (χ0v) is 15.9. The van der Waals surface area contributed by atoms with Gasteiger partial charge in [-0.2, -0.15) is 21.6 Å². The van der Waals surface area contributed by atoms with Crippen LogP contribution in [0.1, 0.15) is 17.3 Å². The fraction of sp³-hybridized carbons (Fsp3) is 0.250. The highest BCUT2D eigenvalue weighted by Crippen LogP contribution is 2.38. The van der Waals surface area contributed by atoms with E-state index in [9.17, 15) is 26.4 Å². The number of anilines is 1. The Hall–Kier alpha value is -2.53. The number of hydrogen-bond donors (Lipinski definition) is 1. The SMILES string of the molecule is C[C@](Cl)(COc1ncccc1C(N)=O)N(c1ccccc1)S(=O)(=O)C(F)(F)F. The molecule has 1 aromatic carbocycles. The van der Waals surface area contributed by atoms with Crippen molar-refractivity contribution in [1.82, 2.24) is 4.98 Å². The summed E-state index contributed by atoms with van der Waals surface area (Å²) in [4.78, 5) is 13.0. The zero-order chi connectivity index (χ0) is 21.2. The molecule has 1 aromatic heterocycles. The third-order valence-corrected chi connectivity index (χ3v) is 5.51. The molecular weight excluding hydrogens is 423 g/mol. The average Bonchev–Trinajstić information content (AvgIpc) is 2.60. The molecule has 0 aliphatic heterocycles. The summed E-state index contributed by atoms with van der Waals surface area (Å²) >= 11 is 6.19. The van der Waals surface area contributed by atoms with Gasteiger partial charge in [0.1, 0.15) is 12.2 Å². The second-order valence-electron chi connectivity index (χ2n) is 5.70. The van der Waals surface area contributed by atoms with Crippen molar-refractivity contribution in [1.29, 1.82) is 0 Å². The van der Waals surface area contributed by atoms with Crippen LogP contribution in [0.3, 0.4) is 0 Å². The summed E-state index contributed by atoms with van der Waals surface area (Å²) in [5.41, 5.74) is -0.886. The summed E-state index contributed by atoms with van der Waals surface area (Å²) in [5.74, 6) is -1.18. The number of alkyl halides is 4. The molecule has 0 radical (unpaired) electrons. The number of hydrogen-bond acceptors (Lipinski definition) is 5. The van der Waals surface area contributed by atoms with Crippen LogP contribution >= 0.6 is 11.6 Å². The summed E-state index contributed by atoms with van der Waals surface area (Å²) < 4.78 is 69.3. The van der Waals surface area contributed by atoms with Gasteiger partial charge in [0.05, 0.1) is 5.69 Å². The maximum Gasteiger partial charge on any atom is 0.516 e. The van der Waals surface area contributed by atoms with Gasteiger partial charge in [0.2, 0.25) is 5.88 Å². The average molecular weight is 438 g/mol. The summed E-state index contributed by atoms with van der Waals surface area (Å²) in [6, 6.07) is 9.20. The molecule has 1 atom stereocenters. The topological polar surface area (TPSA) is 103 Å². The van der Waals surface area contributed by atoms with Gasteiger partial charge < -0.3 is 10.5 Å². The number of carbonyl (C=O) groups excluding carboxylic acids is 1. The number of halogens is 4. The fourth-order valence-electron chi connectivity index (χ4n) is 2.28. The van der Waals surface area contributed by atoms with Crippen LogP contribution < -0.4 is 14.8 Å². The van der Waals surface area contributed by atoms with E-state index in [2.05, 4.69) is 4.98 Å². The molecule has 7 nitrogen and oxygen atoms in total. The van der Waals surface area contributed by atoms with Crippen molar-refractivity contribution in [2.75, 3.05) is 10.9 Å². The molecule has 0 fully saturated rings. The molecule has 2 N–H and O–H groups in total. The van der Waals surface area contributed by atoms with E-state index in [-0.39, 0.29) is 21.4 Å². The van der Waals surface area contributed by atoms with Gasteiger partial charge in [-0.3, -0.25) is 4.79 Å². The van der Waals surface area contributed by atoms with Gasteiger partial charge in [0.25, 0.3) is 5.91 Å². The highest BCUT2D eigenvalue weighted by molar-refractivity contribution is 7.93. The van der Waals surface area contributed by atoms with Crippen LogP contribution in [-0.2, 0) is 10.0 Å². The van der Waals surface area contributed by atoms with Gasteiger partial charge in [0.15, 0.2) is 5.00 Å². The number of amides is 1. The number of sulfonamides is 1. The van der Waals surface area contributed by atoms with Gasteiger partial charge in [0, 0.05) is 6.20 Å². The number of carbonyl (C=O) groups is 1. The Morgan fingerprint density at radius 3 is 2.36 bits per heavy atom. The Labute approximate surface area is 163 Å². The molecule has 12 heteroatoms. The molecule has 0 unspecified atom stereocenters. The van der Waals surface area contributed by atoms with Gasteiger partial charge in [-0.1, -0.05) is 29.8 Å². The molecule has 0 spiro atoms. The van der Waals surface area contributed by atoms with E-state index in [0.29, 0.717) is 0 Å². The first-order valence-electron chi connectivity index (χ1n) is 7.61. The Morgan fingerprint density at radius 2 is 1.82 bits per heavy atom. The van der Waals surface area contributed by atoms with Crippen LogP contribution in [0.5, 0.6) is 5.88 Å². The molecule has 152 valence electrons. The lowest BCUT2D eigenvalue weighted by Crippen LogP contribution is -2.54. The third kappa shape index (κ3) is 4.47.